The molecular formula is C28H22ClN3O3. The van der Waals surface area contributed by atoms with Gasteiger partial charge in [0.2, 0.25) is 0 Å². The van der Waals surface area contributed by atoms with Crippen LogP contribution in [-0.2, 0) is 9.59 Å². The maximum Gasteiger partial charge on any atom is 0.335 e. The maximum absolute atomic E-state index is 13.3. The van der Waals surface area contributed by atoms with Crippen molar-refractivity contribution in [2.24, 2.45) is 0 Å². The van der Waals surface area contributed by atoms with Gasteiger partial charge in [0.1, 0.15) is 5.57 Å². The summed E-state index contributed by atoms with van der Waals surface area (Å²) in [6.45, 7) is 5.74. The lowest BCUT2D eigenvalue weighted by Gasteiger charge is -2.26. The van der Waals surface area contributed by atoms with E-state index in [0.29, 0.717) is 16.3 Å². The Morgan fingerprint density at radius 1 is 0.886 bits per heavy atom. The zero-order valence-corrected chi connectivity index (χ0v) is 20.2. The Hall–Kier alpha value is -4.16. The molecule has 0 spiro atoms. The summed E-state index contributed by atoms with van der Waals surface area (Å²) in [4.78, 5) is 39.5. The van der Waals surface area contributed by atoms with Crippen molar-refractivity contribution in [2.75, 3.05) is 4.90 Å². The van der Waals surface area contributed by atoms with E-state index in [1.54, 1.807) is 12.1 Å². The molecule has 0 atom stereocenters. The molecule has 35 heavy (non-hydrogen) atoms. The van der Waals surface area contributed by atoms with Gasteiger partial charge in [0.25, 0.3) is 11.8 Å². The summed E-state index contributed by atoms with van der Waals surface area (Å²) in [7, 11) is 0. The van der Waals surface area contributed by atoms with Gasteiger partial charge in [-0.3, -0.25) is 14.9 Å². The third-order valence-corrected chi connectivity index (χ3v) is 6.70. The van der Waals surface area contributed by atoms with Gasteiger partial charge >= 0.3 is 6.03 Å². The lowest BCUT2D eigenvalue weighted by molar-refractivity contribution is -0.122. The first kappa shape index (κ1) is 22.6. The summed E-state index contributed by atoms with van der Waals surface area (Å²) in [5.41, 5.74) is 4.52. The number of nitrogens with zero attached hydrogens (tertiary/aromatic N) is 2. The SMILES string of the molecule is Cc1ccc(N2C(=O)NC(=O)/C(=C\c3cc(C)n(-c4cccc5ccccc45)c3C)C2=O)cc1Cl. The van der Waals surface area contributed by atoms with Crippen LogP contribution in [0.25, 0.3) is 22.5 Å². The summed E-state index contributed by atoms with van der Waals surface area (Å²) < 4.78 is 2.10. The van der Waals surface area contributed by atoms with Gasteiger partial charge in [-0.25, -0.2) is 9.69 Å². The molecule has 5 rings (SSSR count). The van der Waals surface area contributed by atoms with Crippen molar-refractivity contribution in [1.82, 2.24) is 9.88 Å². The molecule has 1 N–H and O–H groups in total. The molecule has 1 fully saturated rings. The second kappa shape index (κ2) is 8.56. The number of halogens is 1. The van der Waals surface area contributed by atoms with Crippen LogP contribution in [0, 0.1) is 20.8 Å². The number of imide groups is 2. The Balaban J connectivity index is 1.60. The molecule has 0 bridgehead atoms. The van der Waals surface area contributed by atoms with Gasteiger partial charge in [-0.1, -0.05) is 54.1 Å². The fourth-order valence-corrected chi connectivity index (χ4v) is 4.65. The second-order valence-corrected chi connectivity index (χ2v) is 8.96. The Bertz CT molecular complexity index is 1580. The number of nitrogens with one attached hydrogen (secondary N) is 1. The number of rotatable bonds is 3. The normalized spacial score (nSPS) is 15.3. The van der Waals surface area contributed by atoms with Crippen LogP contribution in [-0.4, -0.2) is 22.4 Å². The number of hydrogen-bond acceptors (Lipinski definition) is 3. The molecule has 3 aromatic carbocycles. The van der Waals surface area contributed by atoms with E-state index >= 15 is 0 Å². The number of aromatic nitrogens is 1. The minimum absolute atomic E-state index is 0.125. The average Bonchev–Trinajstić information content (AvgIpc) is 3.11. The molecule has 0 saturated carbocycles. The summed E-state index contributed by atoms with van der Waals surface area (Å²) >= 11 is 6.21. The minimum atomic E-state index is -0.807. The highest BCUT2D eigenvalue weighted by molar-refractivity contribution is 6.39. The van der Waals surface area contributed by atoms with E-state index < -0.39 is 17.8 Å². The summed E-state index contributed by atoms with van der Waals surface area (Å²) in [6, 6.07) is 20.2. The number of barbiturate groups is 1. The Kier molecular flexibility index (Phi) is 5.53. The highest BCUT2D eigenvalue weighted by Gasteiger charge is 2.37. The quantitative estimate of drug-likeness (QED) is 0.292. The average molecular weight is 484 g/mol. The fraction of sp³-hybridized carbons (Fsp3) is 0.107. The summed E-state index contributed by atoms with van der Waals surface area (Å²) in [6.07, 6.45) is 1.54. The predicted molar refractivity (Wildman–Crippen MR) is 138 cm³/mol. The number of urea groups is 1. The molecule has 1 aromatic heterocycles. The van der Waals surface area contributed by atoms with Gasteiger partial charge < -0.3 is 4.57 Å². The molecule has 174 valence electrons. The van der Waals surface area contributed by atoms with Crippen LogP contribution < -0.4 is 10.2 Å². The van der Waals surface area contributed by atoms with Crippen molar-refractivity contribution in [3.8, 4) is 5.69 Å². The minimum Gasteiger partial charge on any atom is -0.317 e. The van der Waals surface area contributed by atoms with E-state index in [0.717, 1.165) is 38.3 Å². The number of fused-ring (bicyclic) bond motifs is 1. The van der Waals surface area contributed by atoms with E-state index in [4.69, 9.17) is 11.6 Å². The van der Waals surface area contributed by atoms with E-state index in [1.807, 2.05) is 51.1 Å². The molecule has 0 unspecified atom stereocenters. The largest absolute Gasteiger partial charge is 0.335 e. The molecule has 0 aliphatic carbocycles. The number of benzene rings is 3. The van der Waals surface area contributed by atoms with E-state index in [1.165, 1.54) is 12.1 Å². The third kappa shape index (κ3) is 3.82. The Morgan fingerprint density at radius 2 is 1.63 bits per heavy atom. The van der Waals surface area contributed by atoms with E-state index in [9.17, 15) is 14.4 Å². The van der Waals surface area contributed by atoms with Gasteiger partial charge in [-0.15, -0.1) is 0 Å². The number of carbonyl (C=O) groups excluding carboxylic acids is 3. The third-order valence-electron chi connectivity index (χ3n) is 6.29. The number of anilines is 1. The molecule has 4 aromatic rings. The number of aryl methyl sites for hydroxylation is 2. The maximum atomic E-state index is 13.3. The van der Waals surface area contributed by atoms with Crippen LogP contribution >= 0.6 is 11.6 Å². The molecule has 1 saturated heterocycles. The molecule has 6 nitrogen and oxygen atoms in total. The van der Waals surface area contributed by atoms with Crippen LogP contribution in [0.2, 0.25) is 5.02 Å². The van der Waals surface area contributed by atoms with E-state index in [2.05, 4.69) is 28.1 Å². The van der Waals surface area contributed by atoms with Gasteiger partial charge in [-0.2, -0.15) is 0 Å². The smallest absolute Gasteiger partial charge is 0.317 e. The lowest BCUT2D eigenvalue weighted by Crippen LogP contribution is -2.54. The van der Waals surface area contributed by atoms with Crippen LogP contribution in [0.4, 0.5) is 10.5 Å². The van der Waals surface area contributed by atoms with Crippen LogP contribution in [0.15, 0.2) is 72.3 Å². The zero-order valence-electron chi connectivity index (χ0n) is 19.4. The molecule has 0 radical (unpaired) electrons. The van der Waals surface area contributed by atoms with Crippen LogP contribution in [0.1, 0.15) is 22.5 Å². The predicted octanol–water partition coefficient (Wildman–Crippen LogP) is 5.88. The van der Waals surface area contributed by atoms with Gasteiger partial charge in [-0.05, 0) is 67.6 Å². The van der Waals surface area contributed by atoms with Crippen molar-refractivity contribution in [3.63, 3.8) is 0 Å². The van der Waals surface area contributed by atoms with Gasteiger partial charge in [0.05, 0.1) is 11.4 Å². The molecule has 1 aliphatic rings. The molecule has 1 aliphatic heterocycles. The van der Waals surface area contributed by atoms with Crippen molar-refractivity contribution in [3.05, 3.63) is 99.8 Å². The van der Waals surface area contributed by atoms with Gasteiger partial charge in [0.15, 0.2) is 0 Å². The molecule has 2 heterocycles. The molecule has 4 amide bonds. The first-order valence-electron chi connectivity index (χ1n) is 11.1. The Morgan fingerprint density at radius 3 is 2.40 bits per heavy atom. The van der Waals surface area contributed by atoms with Crippen molar-refractivity contribution in [1.29, 1.82) is 0 Å². The highest BCUT2D eigenvalue weighted by Crippen LogP contribution is 2.30. The molecular weight excluding hydrogens is 462 g/mol. The van der Waals surface area contributed by atoms with Gasteiger partial charge in [0, 0.05) is 21.8 Å². The van der Waals surface area contributed by atoms with Crippen molar-refractivity contribution < 1.29 is 14.4 Å². The number of carbonyl (C=O) groups is 3. The summed E-state index contributed by atoms with van der Waals surface area (Å²) in [5.74, 6) is -1.43. The van der Waals surface area contributed by atoms with Crippen molar-refractivity contribution >= 4 is 52.0 Å². The van der Waals surface area contributed by atoms with E-state index in [-0.39, 0.29) is 5.57 Å². The molecule has 7 heteroatoms. The van der Waals surface area contributed by atoms with Crippen molar-refractivity contribution in [2.45, 2.75) is 20.8 Å². The second-order valence-electron chi connectivity index (χ2n) is 8.55. The number of amides is 4. The first-order valence-corrected chi connectivity index (χ1v) is 11.5. The monoisotopic (exact) mass is 483 g/mol. The summed E-state index contributed by atoms with van der Waals surface area (Å²) in [5, 5.41) is 4.90. The van der Waals surface area contributed by atoms with Crippen LogP contribution in [0.3, 0.4) is 0 Å². The first-order chi connectivity index (χ1) is 16.8. The fourth-order valence-electron chi connectivity index (χ4n) is 4.48. The van der Waals surface area contributed by atoms with Crippen LogP contribution in [0.5, 0.6) is 0 Å². The Labute approximate surface area is 207 Å². The zero-order chi connectivity index (χ0) is 24.9. The lowest BCUT2D eigenvalue weighted by atomic mass is 10.1. The topological polar surface area (TPSA) is 71.4 Å². The number of hydrogen-bond donors (Lipinski definition) is 1. The standard InChI is InChI=1S/C28H22ClN3O3/c1-16-11-12-21(15-24(16)29)32-27(34)23(26(33)30-28(32)35)14-20-13-17(2)31(18(20)3)25-10-6-8-19-7-4-5-9-22(19)25/h4-15H,1-3H3,(H,30,33,35)/b23-14+. The highest BCUT2D eigenvalue weighted by atomic mass is 35.5.